The van der Waals surface area contributed by atoms with Gasteiger partial charge in [-0.25, -0.2) is 0 Å². The molecular formula is C20H21NO. The van der Waals surface area contributed by atoms with Gasteiger partial charge in [-0.2, -0.15) is 0 Å². The molecule has 3 rings (SSSR count). The van der Waals surface area contributed by atoms with Crippen LogP contribution in [0.15, 0.2) is 54.6 Å². The average molecular weight is 291 g/mol. The van der Waals surface area contributed by atoms with Crippen LogP contribution in [-0.2, 0) is 6.42 Å². The van der Waals surface area contributed by atoms with E-state index < -0.39 is 0 Å². The van der Waals surface area contributed by atoms with Crippen LogP contribution in [0.5, 0.6) is 0 Å². The van der Waals surface area contributed by atoms with Crippen LogP contribution in [0.4, 0.5) is 0 Å². The molecule has 0 unspecified atom stereocenters. The van der Waals surface area contributed by atoms with Gasteiger partial charge in [0.25, 0.3) is 0 Å². The molecule has 1 aliphatic rings. The lowest BCUT2D eigenvalue weighted by molar-refractivity contribution is 0.104. The van der Waals surface area contributed by atoms with Gasteiger partial charge in [-0.15, -0.1) is 0 Å². The van der Waals surface area contributed by atoms with Crippen molar-refractivity contribution in [2.45, 2.75) is 32.7 Å². The van der Waals surface area contributed by atoms with Crippen molar-refractivity contribution in [3.63, 3.8) is 0 Å². The second-order valence-electron chi connectivity index (χ2n) is 6.57. The van der Waals surface area contributed by atoms with Gasteiger partial charge >= 0.3 is 0 Å². The Morgan fingerprint density at radius 2 is 1.82 bits per heavy atom. The number of aryl methyl sites for hydroxylation is 1. The van der Waals surface area contributed by atoms with Crippen LogP contribution in [0.3, 0.4) is 0 Å². The number of carbonyl (C=O) groups excluding carboxylic acids is 1. The van der Waals surface area contributed by atoms with E-state index in [1.165, 1.54) is 11.1 Å². The molecule has 0 saturated heterocycles. The van der Waals surface area contributed by atoms with Crippen LogP contribution in [0, 0.1) is 6.92 Å². The lowest BCUT2D eigenvalue weighted by Gasteiger charge is -2.36. The summed E-state index contributed by atoms with van der Waals surface area (Å²) in [6.07, 6.45) is 2.69. The van der Waals surface area contributed by atoms with Crippen molar-refractivity contribution < 1.29 is 4.79 Å². The summed E-state index contributed by atoms with van der Waals surface area (Å²) in [7, 11) is 0. The lowest BCUT2D eigenvalue weighted by atomic mass is 9.83. The van der Waals surface area contributed by atoms with E-state index in [1.807, 2.05) is 30.3 Å². The number of ketones is 1. The maximum Gasteiger partial charge on any atom is 0.187 e. The zero-order chi connectivity index (χ0) is 15.7. The number of fused-ring (bicyclic) bond motifs is 1. The van der Waals surface area contributed by atoms with Crippen molar-refractivity contribution in [2.24, 2.45) is 0 Å². The monoisotopic (exact) mass is 291 g/mol. The predicted molar refractivity (Wildman–Crippen MR) is 90.8 cm³/mol. The standard InChI is InChI=1S/C20H21NO/c1-14-8-7-11-16-17(14)13-20(2,3)21-18(16)12-19(22)15-9-5-4-6-10-15/h4-12,21H,13H2,1-3H3. The summed E-state index contributed by atoms with van der Waals surface area (Å²) in [6, 6.07) is 15.7. The fourth-order valence-electron chi connectivity index (χ4n) is 3.04. The van der Waals surface area contributed by atoms with Gasteiger partial charge in [0.05, 0.1) is 0 Å². The molecule has 2 aromatic rings. The molecule has 22 heavy (non-hydrogen) atoms. The first kappa shape index (κ1) is 14.6. The molecule has 0 spiro atoms. The highest BCUT2D eigenvalue weighted by molar-refractivity contribution is 6.08. The minimum absolute atomic E-state index is 0.0354. The summed E-state index contributed by atoms with van der Waals surface area (Å²) < 4.78 is 0. The van der Waals surface area contributed by atoms with E-state index in [2.05, 4.69) is 44.3 Å². The fraction of sp³-hybridized carbons (Fsp3) is 0.250. The zero-order valence-corrected chi connectivity index (χ0v) is 13.3. The molecule has 1 heterocycles. The van der Waals surface area contributed by atoms with E-state index >= 15 is 0 Å². The van der Waals surface area contributed by atoms with Gasteiger partial charge < -0.3 is 5.32 Å². The summed E-state index contributed by atoms with van der Waals surface area (Å²) in [4.78, 5) is 12.5. The zero-order valence-electron chi connectivity index (χ0n) is 13.3. The molecule has 0 amide bonds. The molecule has 0 bridgehead atoms. The van der Waals surface area contributed by atoms with Crippen molar-refractivity contribution >= 4 is 11.5 Å². The molecule has 0 atom stereocenters. The van der Waals surface area contributed by atoms with E-state index in [9.17, 15) is 4.79 Å². The van der Waals surface area contributed by atoms with Crippen LogP contribution >= 0.6 is 0 Å². The summed E-state index contributed by atoms with van der Waals surface area (Å²) in [5.41, 5.74) is 5.34. The molecule has 1 N–H and O–H groups in total. The minimum Gasteiger partial charge on any atom is -0.379 e. The molecular weight excluding hydrogens is 270 g/mol. The number of allylic oxidation sites excluding steroid dienone is 1. The van der Waals surface area contributed by atoms with E-state index in [1.54, 1.807) is 6.08 Å². The number of hydrogen-bond acceptors (Lipinski definition) is 2. The average Bonchev–Trinajstić information content (AvgIpc) is 2.48. The maximum absolute atomic E-state index is 12.5. The Labute approximate surface area is 131 Å². The molecule has 112 valence electrons. The van der Waals surface area contributed by atoms with Crippen molar-refractivity contribution in [3.8, 4) is 0 Å². The Bertz CT molecular complexity index is 742. The molecule has 0 fully saturated rings. The van der Waals surface area contributed by atoms with Crippen LogP contribution in [0.1, 0.15) is 40.9 Å². The molecule has 2 heteroatoms. The van der Waals surface area contributed by atoms with E-state index in [0.717, 1.165) is 23.2 Å². The van der Waals surface area contributed by atoms with Gasteiger partial charge in [0.1, 0.15) is 0 Å². The number of nitrogens with one attached hydrogen (secondary N) is 1. The first-order valence-corrected chi connectivity index (χ1v) is 7.64. The van der Waals surface area contributed by atoms with Gasteiger partial charge in [-0.1, -0.05) is 48.5 Å². The van der Waals surface area contributed by atoms with Crippen LogP contribution in [0.2, 0.25) is 0 Å². The molecule has 0 aromatic heterocycles. The summed E-state index contributed by atoms with van der Waals surface area (Å²) in [5, 5.41) is 3.52. The summed E-state index contributed by atoms with van der Waals surface area (Å²) in [6.45, 7) is 6.48. The largest absolute Gasteiger partial charge is 0.379 e. The number of carbonyl (C=O) groups is 1. The first-order valence-electron chi connectivity index (χ1n) is 7.64. The Morgan fingerprint density at radius 1 is 1.09 bits per heavy atom. The first-order chi connectivity index (χ1) is 10.5. The molecule has 1 aliphatic heterocycles. The van der Waals surface area contributed by atoms with E-state index in [0.29, 0.717) is 0 Å². The van der Waals surface area contributed by atoms with Crippen molar-refractivity contribution in [2.75, 3.05) is 0 Å². The van der Waals surface area contributed by atoms with Crippen molar-refractivity contribution in [1.29, 1.82) is 0 Å². The molecule has 0 saturated carbocycles. The quantitative estimate of drug-likeness (QED) is 0.665. The second kappa shape index (κ2) is 5.45. The number of benzene rings is 2. The second-order valence-corrected chi connectivity index (χ2v) is 6.57. The third-order valence-electron chi connectivity index (χ3n) is 4.13. The number of rotatable bonds is 2. The van der Waals surface area contributed by atoms with Gasteiger partial charge in [-0.05, 0) is 38.3 Å². The maximum atomic E-state index is 12.5. The molecule has 0 aliphatic carbocycles. The van der Waals surface area contributed by atoms with Crippen molar-refractivity contribution in [3.05, 3.63) is 76.9 Å². The third-order valence-corrected chi connectivity index (χ3v) is 4.13. The van der Waals surface area contributed by atoms with Crippen molar-refractivity contribution in [1.82, 2.24) is 5.32 Å². The third kappa shape index (κ3) is 2.82. The smallest absolute Gasteiger partial charge is 0.187 e. The highest BCUT2D eigenvalue weighted by atomic mass is 16.1. The highest BCUT2D eigenvalue weighted by Gasteiger charge is 2.28. The van der Waals surface area contributed by atoms with Crippen LogP contribution in [-0.4, -0.2) is 11.3 Å². The number of hydrogen-bond donors (Lipinski definition) is 1. The lowest BCUT2D eigenvalue weighted by Crippen LogP contribution is -2.44. The van der Waals surface area contributed by atoms with E-state index in [-0.39, 0.29) is 11.3 Å². The van der Waals surface area contributed by atoms with E-state index in [4.69, 9.17) is 0 Å². The van der Waals surface area contributed by atoms with Gasteiger partial charge in [0.2, 0.25) is 0 Å². The summed E-state index contributed by atoms with van der Waals surface area (Å²) >= 11 is 0. The Balaban J connectivity index is 2.06. The minimum atomic E-state index is -0.0537. The van der Waals surface area contributed by atoms with Gasteiger partial charge in [0.15, 0.2) is 5.78 Å². The fourth-order valence-corrected chi connectivity index (χ4v) is 3.04. The highest BCUT2D eigenvalue weighted by Crippen LogP contribution is 2.31. The Hall–Kier alpha value is -2.35. The molecule has 2 aromatic carbocycles. The Morgan fingerprint density at radius 3 is 2.55 bits per heavy atom. The molecule has 2 nitrogen and oxygen atoms in total. The Kier molecular flexibility index (Phi) is 3.61. The summed E-state index contributed by atoms with van der Waals surface area (Å²) in [5.74, 6) is 0.0354. The van der Waals surface area contributed by atoms with Crippen LogP contribution in [0.25, 0.3) is 5.70 Å². The SMILES string of the molecule is Cc1cccc2c1CC(C)(C)NC2=CC(=O)c1ccccc1. The van der Waals surface area contributed by atoms with Gasteiger partial charge in [-0.3, -0.25) is 4.79 Å². The normalized spacial score (nSPS) is 17.7. The predicted octanol–water partition coefficient (Wildman–Crippen LogP) is 4.14. The van der Waals surface area contributed by atoms with Crippen LogP contribution < -0.4 is 5.32 Å². The van der Waals surface area contributed by atoms with Gasteiger partial charge in [0, 0.05) is 28.4 Å². The topological polar surface area (TPSA) is 29.1 Å². The molecule has 0 radical (unpaired) electrons.